The Balaban J connectivity index is 1.55. The molecule has 1 unspecified atom stereocenters. The second kappa shape index (κ2) is 8.56. The van der Waals surface area contributed by atoms with E-state index in [1.165, 1.54) is 12.8 Å². The smallest absolute Gasteiger partial charge is 0.183 e. The molecule has 0 spiro atoms. The summed E-state index contributed by atoms with van der Waals surface area (Å²) >= 11 is 8.13. The summed E-state index contributed by atoms with van der Waals surface area (Å²) < 4.78 is 19.5. The molecule has 3 aromatic rings. The zero-order valence-electron chi connectivity index (χ0n) is 17.7. The van der Waals surface area contributed by atoms with Crippen molar-refractivity contribution in [3.05, 3.63) is 62.7 Å². The highest BCUT2D eigenvalue weighted by Gasteiger charge is 2.32. The summed E-state index contributed by atoms with van der Waals surface area (Å²) in [5.41, 5.74) is 4.58. The van der Waals surface area contributed by atoms with Gasteiger partial charge in [-0.25, -0.2) is 9.37 Å². The van der Waals surface area contributed by atoms with Gasteiger partial charge in [-0.3, -0.25) is 0 Å². The lowest BCUT2D eigenvalue weighted by atomic mass is 9.93. The van der Waals surface area contributed by atoms with Crippen molar-refractivity contribution in [1.82, 2.24) is 4.98 Å². The summed E-state index contributed by atoms with van der Waals surface area (Å²) in [6, 6.07) is 9.49. The molecule has 1 heterocycles. The molecule has 1 fully saturated rings. The summed E-state index contributed by atoms with van der Waals surface area (Å²) in [4.78, 5) is 5.93. The Morgan fingerprint density at radius 3 is 2.63 bits per heavy atom. The highest BCUT2D eigenvalue weighted by molar-refractivity contribution is 7.16. The number of ether oxygens (including phenoxy) is 1. The number of benzene rings is 2. The Bertz CT molecular complexity index is 1080. The lowest BCUT2D eigenvalue weighted by Crippen LogP contribution is -2.15. The van der Waals surface area contributed by atoms with Crippen molar-refractivity contribution >= 4 is 28.1 Å². The molecule has 0 amide bonds. The summed E-state index contributed by atoms with van der Waals surface area (Å²) in [5.74, 6) is 1.54. The normalized spacial score (nSPS) is 14.6. The maximum absolute atomic E-state index is 14.1. The maximum atomic E-state index is 14.1. The van der Waals surface area contributed by atoms with Crippen molar-refractivity contribution < 1.29 is 9.13 Å². The minimum atomic E-state index is -0.130. The molecule has 1 aromatic heterocycles. The van der Waals surface area contributed by atoms with Gasteiger partial charge in [0, 0.05) is 22.9 Å². The standard InChI is InChI=1S/C24H26ClFN2OS/c1-13-5-6-17(10-21(13)26)19(16-7-8-16)12-27-24-28-23(15(3)30-24)18-9-14(2)22(29-4)11-20(18)25/h5-6,9-11,16,19H,7-8,12H2,1-4H3,(H,27,28). The van der Waals surface area contributed by atoms with Crippen molar-refractivity contribution in [3.63, 3.8) is 0 Å². The van der Waals surface area contributed by atoms with Crippen LogP contribution in [0.2, 0.25) is 5.02 Å². The SMILES string of the molecule is COc1cc(Cl)c(-c2nc(NCC(c3ccc(C)c(F)c3)C3CC3)sc2C)cc1C. The van der Waals surface area contributed by atoms with Gasteiger partial charge < -0.3 is 10.1 Å². The number of thiazole rings is 1. The fourth-order valence-corrected chi connectivity index (χ4v) is 4.96. The van der Waals surface area contributed by atoms with E-state index < -0.39 is 0 Å². The van der Waals surface area contributed by atoms with Crippen LogP contribution in [0.5, 0.6) is 5.75 Å². The molecule has 1 atom stereocenters. The van der Waals surface area contributed by atoms with E-state index >= 15 is 0 Å². The predicted molar refractivity (Wildman–Crippen MR) is 124 cm³/mol. The third-order valence-corrected chi connectivity index (χ3v) is 7.07. The molecule has 0 bridgehead atoms. The van der Waals surface area contributed by atoms with Crippen LogP contribution in [0, 0.1) is 32.5 Å². The second-order valence-corrected chi connectivity index (χ2v) is 9.67. The Morgan fingerprint density at radius 2 is 1.97 bits per heavy atom. The lowest BCUT2D eigenvalue weighted by Gasteiger charge is -2.18. The van der Waals surface area contributed by atoms with Crippen molar-refractivity contribution in [1.29, 1.82) is 0 Å². The Morgan fingerprint density at radius 1 is 1.20 bits per heavy atom. The molecule has 1 aliphatic carbocycles. The molecule has 1 aliphatic rings. The number of nitrogens with zero attached hydrogens (tertiary/aromatic N) is 1. The van der Waals surface area contributed by atoms with Gasteiger partial charge in [0.15, 0.2) is 5.13 Å². The summed E-state index contributed by atoms with van der Waals surface area (Å²) in [6.07, 6.45) is 2.40. The van der Waals surface area contributed by atoms with Crippen molar-refractivity contribution in [2.45, 2.75) is 39.5 Å². The van der Waals surface area contributed by atoms with E-state index in [9.17, 15) is 4.39 Å². The van der Waals surface area contributed by atoms with Crippen LogP contribution in [-0.2, 0) is 0 Å². The lowest BCUT2D eigenvalue weighted by molar-refractivity contribution is 0.412. The maximum Gasteiger partial charge on any atom is 0.183 e. The van der Waals surface area contributed by atoms with Gasteiger partial charge >= 0.3 is 0 Å². The van der Waals surface area contributed by atoms with Crippen LogP contribution in [-0.4, -0.2) is 18.6 Å². The number of aryl methyl sites for hydroxylation is 3. The van der Waals surface area contributed by atoms with E-state index in [0.29, 0.717) is 22.4 Å². The number of rotatable bonds is 7. The quantitative estimate of drug-likeness (QED) is 0.420. The fourth-order valence-electron chi connectivity index (χ4n) is 3.88. The first-order valence-electron chi connectivity index (χ1n) is 10.2. The largest absolute Gasteiger partial charge is 0.496 e. The first-order chi connectivity index (χ1) is 14.4. The molecule has 0 radical (unpaired) electrons. The van der Waals surface area contributed by atoms with Gasteiger partial charge in [-0.15, -0.1) is 11.3 Å². The molecule has 2 aromatic carbocycles. The third-order valence-electron chi connectivity index (χ3n) is 5.82. The Labute approximate surface area is 186 Å². The van der Waals surface area contributed by atoms with Crippen LogP contribution in [0.4, 0.5) is 9.52 Å². The van der Waals surface area contributed by atoms with Gasteiger partial charge in [0.2, 0.25) is 0 Å². The third kappa shape index (κ3) is 4.33. The van der Waals surface area contributed by atoms with Gasteiger partial charge in [0.25, 0.3) is 0 Å². The molecule has 1 saturated carbocycles. The Kier molecular flexibility index (Phi) is 6.03. The molecule has 1 N–H and O–H groups in total. The highest BCUT2D eigenvalue weighted by Crippen LogP contribution is 2.43. The van der Waals surface area contributed by atoms with Gasteiger partial charge in [-0.2, -0.15) is 0 Å². The van der Waals surface area contributed by atoms with E-state index in [2.05, 4.69) is 18.3 Å². The van der Waals surface area contributed by atoms with Crippen molar-refractivity contribution in [3.8, 4) is 17.0 Å². The average Bonchev–Trinajstić information content (AvgIpc) is 3.48. The average molecular weight is 445 g/mol. The molecular weight excluding hydrogens is 419 g/mol. The van der Waals surface area contributed by atoms with E-state index in [-0.39, 0.29) is 5.82 Å². The molecule has 0 aliphatic heterocycles. The number of halogens is 2. The fraction of sp³-hybridized carbons (Fsp3) is 0.375. The molecule has 0 saturated heterocycles. The zero-order valence-corrected chi connectivity index (χ0v) is 19.3. The summed E-state index contributed by atoms with van der Waals surface area (Å²) in [6.45, 7) is 6.60. The van der Waals surface area contributed by atoms with Crippen molar-refractivity contribution in [2.24, 2.45) is 5.92 Å². The topological polar surface area (TPSA) is 34.1 Å². The molecule has 4 rings (SSSR count). The zero-order chi connectivity index (χ0) is 21.4. The number of hydrogen-bond acceptors (Lipinski definition) is 4. The molecule has 3 nitrogen and oxygen atoms in total. The minimum Gasteiger partial charge on any atom is -0.496 e. The molecular formula is C24H26ClFN2OS. The van der Waals surface area contributed by atoms with Crippen LogP contribution in [0.1, 0.15) is 40.3 Å². The summed E-state index contributed by atoms with van der Waals surface area (Å²) in [5, 5.41) is 5.00. The van der Waals surface area contributed by atoms with Crippen LogP contribution < -0.4 is 10.1 Å². The van der Waals surface area contributed by atoms with Gasteiger partial charge in [0.05, 0.1) is 17.8 Å². The number of aromatic nitrogens is 1. The number of nitrogens with one attached hydrogen (secondary N) is 1. The van der Waals surface area contributed by atoms with E-state index in [4.69, 9.17) is 21.3 Å². The minimum absolute atomic E-state index is 0.130. The van der Waals surface area contributed by atoms with Crippen LogP contribution in [0.3, 0.4) is 0 Å². The number of hydrogen-bond donors (Lipinski definition) is 1. The molecule has 30 heavy (non-hydrogen) atoms. The van der Waals surface area contributed by atoms with Crippen LogP contribution in [0.25, 0.3) is 11.3 Å². The molecule has 6 heteroatoms. The van der Waals surface area contributed by atoms with Crippen molar-refractivity contribution in [2.75, 3.05) is 19.0 Å². The first kappa shape index (κ1) is 21.1. The predicted octanol–water partition coefficient (Wildman–Crippen LogP) is 7.14. The molecule has 158 valence electrons. The van der Waals surface area contributed by atoms with Crippen LogP contribution in [0.15, 0.2) is 30.3 Å². The van der Waals surface area contributed by atoms with E-state index in [0.717, 1.165) is 44.7 Å². The van der Waals surface area contributed by atoms with E-state index in [1.54, 1.807) is 31.4 Å². The van der Waals surface area contributed by atoms with Gasteiger partial charge in [0.1, 0.15) is 11.6 Å². The first-order valence-corrected chi connectivity index (χ1v) is 11.4. The number of methoxy groups -OCH3 is 1. The van der Waals surface area contributed by atoms with Crippen LogP contribution >= 0.6 is 22.9 Å². The van der Waals surface area contributed by atoms with Gasteiger partial charge in [-0.1, -0.05) is 23.7 Å². The second-order valence-electron chi connectivity index (χ2n) is 8.06. The highest BCUT2D eigenvalue weighted by atomic mass is 35.5. The summed E-state index contributed by atoms with van der Waals surface area (Å²) in [7, 11) is 1.64. The Hall–Kier alpha value is -2.11. The van der Waals surface area contributed by atoms with Gasteiger partial charge in [-0.05, 0) is 74.4 Å². The number of anilines is 1. The monoisotopic (exact) mass is 444 g/mol. The van der Waals surface area contributed by atoms with E-state index in [1.807, 2.05) is 25.1 Å².